The van der Waals surface area contributed by atoms with Crippen molar-refractivity contribution in [2.75, 3.05) is 32.4 Å². The molecule has 0 saturated carbocycles. The van der Waals surface area contributed by atoms with E-state index < -0.39 is 10.0 Å². The van der Waals surface area contributed by atoms with Crippen LogP contribution < -0.4 is 0 Å². The van der Waals surface area contributed by atoms with Gasteiger partial charge >= 0.3 is 0 Å². The van der Waals surface area contributed by atoms with Crippen molar-refractivity contribution in [1.82, 2.24) is 9.21 Å². The van der Waals surface area contributed by atoms with E-state index >= 15 is 0 Å². The highest BCUT2D eigenvalue weighted by molar-refractivity contribution is 7.88. The number of hydrogen-bond donors (Lipinski definition) is 1. The van der Waals surface area contributed by atoms with Gasteiger partial charge in [0.05, 0.1) is 6.26 Å². The van der Waals surface area contributed by atoms with Gasteiger partial charge in [-0.3, -0.25) is 4.90 Å². The van der Waals surface area contributed by atoms with Crippen molar-refractivity contribution in [3.05, 3.63) is 29.8 Å². The van der Waals surface area contributed by atoms with E-state index in [-0.39, 0.29) is 11.8 Å². The smallest absolute Gasteiger partial charge is 0.211 e. The lowest BCUT2D eigenvalue weighted by Gasteiger charge is -2.37. The Kier molecular flexibility index (Phi) is 4.13. The maximum Gasteiger partial charge on any atom is 0.211 e. The first-order valence-corrected chi connectivity index (χ1v) is 8.21. The van der Waals surface area contributed by atoms with Gasteiger partial charge in [-0.25, -0.2) is 8.42 Å². The van der Waals surface area contributed by atoms with E-state index in [9.17, 15) is 13.5 Å². The molecule has 1 atom stereocenters. The summed E-state index contributed by atoms with van der Waals surface area (Å²) in [6, 6.07) is 7.39. The van der Waals surface area contributed by atoms with E-state index in [0.29, 0.717) is 13.1 Å². The summed E-state index contributed by atoms with van der Waals surface area (Å²) in [5, 5.41) is 9.29. The molecule has 1 heterocycles. The Bertz CT molecular complexity index is 519. The molecule has 1 N–H and O–H groups in total. The molecule has 19 heavy (non-hydrogen) atoms. The number of aromatic hydroxyl groups is 1. The van der Waals surface area contributed by atoms with Gasteiger partial charge in [0, 0.05) is 32.2 Å². The molecule has 1 unspecified atom stereocenters. The molecule has 6 heteroatoms. The average Bonchev–Trinajstić information content (AvgIpc) is 2.38. The van der Waals surface area contributed by atoms with Crippen molar-refractivity contribution in [1.29, 1.82) is 0 Å². The van der Waals surface area contributed by atoms with Gasteiger partial charge in [0.15, 0.2) is 0 Å². The molecule has 0 bridgehead atoms. The predicted molar refractivity (Wildman–Crippen MR) is 74.5 cm³/mol. The Morgan fingerprint density at radius 3 is 2.11 bits per heavy atom. The minimum absolute atomic E-state index is 0.224. The minimum atomic E-state index is -3.07. The molecular weight excluding hydrogens is 264 g/mol. The molecule has 0 radical (unpaired) electrons. The third-order valence-corrected chi connectivity index (χ3v) is 4.97. The fourth-order valence-corrected chi connectivity index (χ4v) is 3.21. The fourth-order valence-electron chi connectivity index (χ4n) is 2.39. The molecule has 0 spiro atoms. The number of phenolic OH excluding ortho intramolecular Hbond substituents is 1. The number of rotatable bonds is 3. The van der Waals surface area contributed by atoms with Crippen LogP contribution in [0.1, 0.15) is 18.5 Å². The van der Waals surface area contributed by atoms with Crippen molar-refractivity contribution < 1.29 is 13.5 Å². The number of phenols is 1. The maximum atomic E-state index is 11.4. The van der Waals surface area contributed by atoms with Crippen LogP contribution >= 0.6 is 0 Å². The van der Waals surface area contributed by atoms with Crippen LogP contribution in [0.4, 0.5) is 0 Å². The quantitative estimate of drug-likeness (QED) is 0.900. The first-order chi connectivity index (χ1) is 8.88. The molecule has 1 aliphatic rings. The Morgan fingerprint density at radius 2 is 1.63 bits per heavy atom. The Morgan fingerprint density at radius 1 is 1.11 bits per heavy atom. The molecule has 1 aromatic carbocycles. The third-order valence-electron chi connectivity index (χ3n) is 3.67. The number of hydrogen-bond acceptors (Lipinski definition) is 4. The number of benzene rings is 1. The first kappa shape index (κ1) is 14.3. The number of nitrogens with zero attached hydrogens (tertiary/aromatic N) is 2. The minimum Gasteiger partial charge on any atom is -0.508 e. The molecule has 1 fully saturated rings. The molecule has 1 saturated heterocycles. The van der Waals surface area contributed by atoms with Gasteiger partial charge < -0.3 is 5.11 Å². The summed E-state index contributed by atoms with van der Waals surface area (Å²) in [6.07, 6.45) is 1.26. The van der Waals surface area contributed by atoms with Crippen LogP contribution in [0.5, 0.6) is 5.75 Å². The van der Waals surface area contributed by atoms with Crippen molar-refractivity contribution >= 4 is 10.0 Å². The topological polar surface area (TPSA) is 60.9 Å². The maximum absolute atomic E-state index is 11.4. The molecular formula is C13H20N2O3S. The number of sulfonamides is 1. The summed E-state index contributed by atoms with van der Waals surface area (Å²) >= 11 is 0. The fraction of sp³-hybridized carbons (Fsp3) is 0.538. The molecule has 2 rings (SSSR count). The Labute approximate surface area is 114 Å². The van der Waals surface area contributed by atoms with Gasteiger partial charge in [0.25, 0.3) is 0 Å². The van der Waals surface area contributed by atoms with Crippen LogP contribution in [0.25, 0.3) is 0 Å². The molecule has 0 aliphatic carbocycles. The molecule has 1 aromatic rings. The van der Waals surface area contributed by atoms with E-state index in [0.717, 1.165) is 18.7 Å². The second kappa shape index (κ2) is 5.48. The Hall–Kier alpha value is -1.11. The predicted octanol–water partition coefficient (Wildman–Crippen LogP) is 1.03. The molecule has 0 amide bonds. The standard InChI is InChI=1S/C13H20N2O3S/c1-11(12-3-5-13(16)6-4-12)14-7-9-15(10-8-14)19(2,17)18/h3-6,11,16H,7-10H2,1-2H3. The van der Waals surface area contributed by atoms with Crippen LogP contribution in [-0.4, -0.2) is 55.2 Å². The lowest BCUT2D eigenvalue weighted by molar-refractivity contribution is 0.146. The van der Waals surface area contributed by atoms with E-state index in [1.165, 1.54) is 10.6 Å². The summed E-state index contributed by atoms with van der Waals surface area (Å²) in [7, 11) is -3.07. The second-order valence-corrected chi connectivity index (χ2v) is 6.95. The van der Waals surface area contributed by atoms with Crippen LogP contribution in [0.15, 0.2) is 24.3 Å². The highest BCUT2D eigenvalue weighted by Crippen LogP contribution is 2.23. The zero-order chi connectivity index (χ0) is 14.0. The third kappa shape index (κ3) is 3.46. The monoisotopic (exact) mass is 284 g/mol. The van der Waals surface area contributed by atoms with E-state index in [4.69, 9.17) is 0 Å². The van der Waals surface area contributed by atoms with E-state index in [1.54, 1.807) is 12.1 Å². The van der Waals surface area contributed by atoms with Gasteiger partial charge in [0.2, 0.25) is 10.0 Å². The molecule has 106 valence electrons. The SMILES string of the molecule is CC(c1ccc(O)cc1)N1CCN(S(C)(=O)=O)CC1. The van der Waals surface area contributed by atoms with Crippen molar-refractivity contribution in [2.45, 2.75) is 13.0 Å². The van der Waals surface area contributed by atoms with Crippen molar-refractivity contribution in [3.8, 4) is 5.75 Å². The van der Waals surface area contributed by atoms with Crippen molar-refractivity contribution in [2.24, 2.45) is 0 Å². The summed E-state index contributed by atoms with van der Waals surface area (Å²) < 4.78 is 24.4. The highest BCUT2D eigenvalue weighted by atomic mass is 32.2. The van der Waals surface area contributed by atoms with E-state index in [2.05, 4.69) is 11.8 Å². The van der Waals surface area contributed by atoms with Gasteiger partial charge in [-0.1, -0.05) is 12.1 Å². The summed E-state index contributed by atoms with van der Waals surface area (Å²) in [4.78, 5) is 2.26. The Balaban J connectivity index is 1.99. The van der Waals surface area contributed by atoms with E-state index in [1.807, 2.05) is 12.1 Å². The molecule has 5 nitrogen and oxygen atoms in total. The van der Waals surface area contributed by atoms with Gasteiger partial charge in [-0.2, -0.15) is 4.31 Å². The molecule has 0 aromatic heterocycles. The second-order valence-electron chi connectivity index (χ2n) is 4.97. The van der Waals surface area contributed by atoms with Crippen LogP contribution in [-0.2, 0) is 10.0 Å². The zero-order valence-electron chi connectivity index (χ0n) is 11.3. The van der Waals surface area contributed by atoms with Crippen LogP contribution in [0, 0.1) is 0 Å². The van der Waals surface area contributed by atoms with Gasteiger partial charge in [0.1, 0.15) is 5.75 Å². The van der Waals surface area contributed by atoms with Gasteiger partial charge in [-0.15, -0.1) is 0 Å². The first-order valence-electron chi connectivity index (χ1n) is 6.36. The average molecular weight is 284 g/mol. The van der Waals surface area contributed by atoms with Crippen molar-refractivity contribution in [3.63, 3.8) is 0 Å². The normalized spacial score (nSPS) is 20.3. The lowest BCUT2D eigenvalue weighted by atomic mass is 10.1. The van der Waals surface area contributed by atoms with Crippen LogP contribution in [0.3, 0.4) is 0 Å². The molecule has 1 aliphatic heterocycles. The highest BCUT2D eigenvalue weighted by Gasteiger charge is 2.26. The van der Waals surface area contributed by atoms with Gasteiger partial charge in [-0.05, 0) is 24.6 Å². The number of piperazine rings is 1. The summed E-state index contributed by atoms with van der Waals surface area (Å²) in [5.41, 5.74) is 1.13. The van der Waals surface area contributed by atoms with Crippen LogP contribution in [0.2, 0.25) is 0 Å². The largest absolute Gasteiger partial charge is 0.508 e. The summed E-state index contributed by atoms with van der Waals surface area (Å²) in [6.45, 7) is 4.65. The zero-order valence-corrected chi connectivity index (χ0v) is 12.1. The summed E-state index contributed by atoms with van der Waals surface area (Å²) in [5.74, 6) is 0.262. The lowest BCUT2D eigenvalue weighted by Crippen LogP contribution is -2.48.